The Morgan fingerprint density at radius 1 is 1.15 bits per heavy atom. The first-order chi connectivity index (χ1) is 12.6. The molecular weight excluding hydrogens is 328 g/mol. The number of hydrogen-bond acceptors (Lipinski definition) is 4. The van der Waals surface area contributed by atoms with Crippen LogP contribution in [0.15, 0.2) is 48.5 Å². The molecule has 2 aromatic rings. The third kappa shape index (κ3) is 3.83. The monoisotopic (exact) mass is 354 g/mol. The fourth-order valence-electron chi connectivity index (χ4n) is 3.54. The van der Waals surface area contributed by atoms with Crippen molar-refractivity contribution in [2.75, 3.05) is 39.3 Å². The molecular formula is C21H26N2O3. The molecule has 1 atom stereocenters. The van der Waals surface area contributed by atoms with Gasteiger partial charge in [-0.25, -0.2) is 0 Å². The number of anilines is 1. The minimum atomic E-state index is 0.0931. The predicted molar refractivity (Wildman–Crippen MR) is 103 cm³/mol. The zero-order chi connectivity index (χ0) is 18.5. The quantitative estimate of drug-likeness (QED) is 0.796. The van der Waals surface area contributed by atoms with Crippen molar-refractivity contribution >= 4 is 11.6 Å². The number of likely N-dealkylation sites (tertiary alicyclic amines) is 1. The van der Waals surface area contributed by atoms with Crippen LogP contribution < -0.4 is 14.4 Å². The van der Waals surface area contributed by atoms with E-state index in [1.165, 1.54) is 0 Å². The molecule has 0 saturated carbocycles. The molecule has 1 amide bonds. The summed E-state index contributed by atoms with van der Waals surface area (Å²) in [6, 6.07) is 15.8. The molecule has 26 heavy (non-hydrogen) atoms. The van der Waals surface area contributed by atoms with Gasteiger partial charge in [0.25, 0.3) is 0 Å². The Morgan fingerprint density at radius 3 is 2.62 bits per heavy atom. The third-order valence-electron chi connectivity index (χ3n) is 5.02. The smallest absolute Gasteiger partial charge is 0.240 e. The van der Waals surface area contributed by atoms with Gasteiger partial charge in [-0.15, -0.1) is 0 Å². The molecule has 2 aromatic carbocycles. The van der Waals surface area contributed by atoms with Crippen molar-refractivity contribution in [3.63, 3.8) is 0 Å². The van der Waals surface area contributed by atoms with E-state index >= 15 is 0 Å². The van der Waals surface area contributed by atoms with Crippen molar-refractivity contribution in [3.8, 4) is 11.5 Å². The fourth-order valence-corrected chi connectivity index (χ4v) is 3.54. The molecule has 1 aliphatic heterocycles. The van der Waals surface area contributed by atoms with Gasteiger partial charge in [0.05, 0.1) is 20.8 Å². The minimum Gasteiger partial charge on any atom is -0.497 e. The number of nitrogens with zero attached hydrogens (tertiary/aromatic N) is 2. The Morgan fingerprint density at radius 2 is 1.92 bits per heavy atom. The predicted octanol–water partition coefficient (Wildman–Crippen LogP) is 3.50. The second-order valence-corrected chi connectivity index (χ2v) is 6.52. The SMILES string of the molecule is COc1ccc(C2CCCN2CC(=O)N(C)c2ccccc2)c(OC)c1. The van der Waals surface area contributed by atoms with Crippen LogP contribution in [-0.2, 0) is 4.79 Å². The summed E-state index contributed by atoms with van der Waals surface area (Å²) in [5.74, 6) is 1.68. The highest BCUT2D eigenvalue weighted by Crippen LogP contribution is 2.38. The lowest BCUT2D eigenvalue weighted by Crippen LogP contribution is -2.38. The van der Waals surface area contributed by atoms with Crippen LogP contribution in [0.3, 0.4) is 0 Å². The second kappa shape index (κ2) is 8.23. The molecule has 1 fully saturated rings. The minimum absolute atomic E-state index is 0.0931. The van der Waals surface area contributed by atoms with Crippen LogP contribution in [0.25, 0.3) is 0 Å². The highest BCUT2D eigenvalue weighted by molar-refractivity contribution is 5.94. The lowest BCUT2D eigenvalue weighted by atomic mass is 10.0. The van der Waals surface area contributed by atoms with Gasteiger partial charge >= 0.3 is 0 Å². The molecule has 0 spiro atoms. The third-order valence-corrected chi connectivity index (χ3v) is 5.02. The number of hydrogen-bond donors (Lipinski definition) is 0. The van der Waals surface area contributed by atoms with E-state index in [2.05, 4.69) is 4.90 Å². The molecule has 1 saturated heterocycles. The Bertz CT molecular complexity index is 748. The molecule has 0 aromatic heterocycles. The van der Waals surface area contributed by atoms with Crippen molar-refractivity contribution in [2.45, 2.75) is 18.9 Å². The topological polar surface area (TPSA) is 42.0 Å². The van der Waals surface area contributed by atoms with Crippen LogP contribution in [0, 0.1) is 0 Å². The molecule has 138 valence electrons. The lowest BCUT2D eigenvalue weighted by molar-refractivity contribution is -0.119. The van der Waals surface area contributed by atoms with E-state index < -0.39 is 0 Å². The normalized spacial score (nSPS) is 17.1. The number of benzene rings is 2. The van der Waals surface area contributed by atoms with Gasteiger partial charge in [-0.05, 0) is 37.6 Å². The molecule has 1 aliphatic rings. The first-order valence-corrected chi connectivity index (χ1v) is 8.91. The van der Waals surface area contributed by atoms with E-state index in [1.54, 1.807) is 19.1 Å². The maximum atomic E-state index is 12.8. The molecule has 0 bridgehead atoms. The molecule has 5 nitrogen and oxygen atoms in total. The van der Waals surface area contributed by atoms with Crippen LogP contribution >= 0.6 is 0 Å². The fraction of sp³-hybridized carbons (Fsp3) is 0.381. The first kappa shape index (κ1) is 18.3. The number of methoxy groups -OCH3 is 2. The standard InChI is InChI=1S/C21H26N2O3/c1-22(16-8-5-4-6-9-16)21(24)15-23-13-7-10-19(23)18-12-11-17(25-2)14-20(18)26-3/h4-6,8-9,11-12,14,19H,7,10,13,15H2,1-3H3. The number of ether oxygens (including phenoxy) is 2. The van der Waals surface area contributed by atoms with Crippen LogP contribution in [0.5, 0.6) is 11.5 Å². The Labute approximate surface area is 155 Å². The van der Waals surface area contributed by atoms with Crippen molar-refractivity contribution in [2.24, 2.45) is 0 Å². The summed E-state index contributed by atoms with van der Waals surface area (Å²) in [6.07, 6.45) is 2.09. The van der Waals surface area contributed by atoms with Gasteiger partial charge in [0.15, 0.2) is 0 Å². The van der Waals surface area contributed by atoms with E-state index in [1.807, 2.05) is 55.6 Å². The zero-order valence-corrected chi connectivity index (χ0v) is 15.6. The van der Waals surface area contributed by atoms with Crippen LogP contribution in [0.4, 0.5) is 5.69 Å². The van der Waals surface area contributed by atoms with Crippen molar-refractivity contribution in [1.29, 1.82) is 0 Å². The molecule has 1 heterocycles. The maximum Gasteiger partial charge on any atom is 0.240 e. The van der Waals surface area contributed by atoms with Gasteiger partial charge < -0.3 is 14.4 Å². The van der Waals surface area contributed by atoms with Gasteiger partial charge in [-0.1, -0.05) is 24.3 Å². The van der Waals surface area contributed by atoms with Gasteiger partial charge in [-0.3, -0.25) is 9.69 Å². The summed E-state index contributed by atoms with van der Waals surface area (Å²) in [7, 11) is 5.15. The number of carbonyl (C=O) groups excluding carboxylic acids is 1. The largest absolute Gasteiger partial charge is 0.497 e. The molecule has 0 N–H and O–H groups in total. The molecule has 0 aliphatic carbocycles. The van der Waals surface area contributed by atoms with E-state index in [-0.39, 0.29) is 11.9 Å². The summed E-state index contributed by atoms with van der Waals surface area (Å²) in [5, 5.41) is 0. The average molecular weight is 354 g/mol. The van der Waals surface area contributed by atoms with Crippen LogP contribution in [-0.4, -0.2) is 45.2 Å². The van der Waals surface area contributed by atoms with Crippen molar-refractivity contribution < 1.29 is 14.3 Å². The molecule has 3 rings (SSSR count). The molecule has 1 unspecified atom stereocenters. The summed E-state index contributed by atoms with van der Waals surface area (Å²) in [5.41, 5.74) is 2.02. The summed E-state index contributed by atoms with van der Waals surface area (Å²) >= 11 is 0. The Hall–Kier alpha value is -2.53. The van der Waals surface area contributed by atoms with Gasteiger partial charge in [0, 0.05) is 30.4 Å². The number of para-hydroxylation sites is 1. The molecule has 5 heteroatoms. The van der Waals surface area contributed by atoms with E-state index in [0.717, 1.165) is 42.1 Å². The van der Waals surface area contributed by atoms with Crippen molar-refractivity contribution in [3.05, 3.63) is 54.1 Å². The molecule has 0 radical (unpaired) electrons. The van der Waals surface area contributed by atoms with Gasteiger partial charge in [-0.2, -0.15) is 0 Å². The summed E-state index contributed by atoms with van der Waals surface area (Å²) in [6.45, 7) is 1.31. The van der Waals surface area contributed by atoms with E-state index in [9.17, 15) is 4.79 Å². The average Bonchev–Trinajstić information content (AvgIpc) is 3.15. The van der Waals surface area contributed by atoms with Crippen LogP contribution in [0.2, 0.25) is 0 Å². The number of rotatable bonds is 6. The highest BCUT2D eigenvalue weighted by Gasteiger charge is 2.30. The van der Waals surface area contributed by atoms with E-state index in [4.69, 9.17) is 9.47 Å². The van der Waals surface area contributed by atoms with Crippen LogP contribution in [0.1, 0.15) is 24.4 Å². The first-order valence-electron chi connectivity index (χ1n) is 8.91. The van der Waals surface area contributed by atoms with Gasteiger partial charge in [0.2, 0.25) is 5.91 Å². The summed E-state index contributed by atoms with van der Waals surface area (Å²) < 4.78 is 10.9. The Kier molecular flexibility index (Phi) is 5.78. The number of amides is 1. The van der Waals surface area contributed by atoms with Gasteiger partial charge in [0.1, 0.15) is 11.5 Å². The lowest BCUT2D eigenvalue weighted by Gasteiger charge is -2.28. The summed E-state index contributed by atoms with van der Waals surface area (Å²) in [4.78, 5) is 16.7. The highest BCUT2D eigenvalue weighted by atomic mass is 16.5. The number of likely N-dealkylation sites (N-methyl/N-ethyl adjacent to an activating group) is 1. The second-order valence-electron chi connectivity index (χ2n) is 6.52. The Balaban J connectivity index is 1.75. The van der Waals surface area contributed by atoms with E-state index in [0.29, 0.717) is 6.54 Å². The number of carbonyl (C=O) groups is 1. The maximum absolute atomic E-state index is 12.8. The zero-order valence-electron chi connectivity index (χ0n) is 15.6. The van der Waals surface area contributed by atoms with Crippen molar-refractivity contribution in [1.82, 2.24) is 4.90 Å².